The number of furan rings is 1. The summed E-state index contributed by atoms with van der Waals surface area (Å²) in [5, 5.41) is 12.2. The Labute approximate surface area is 127 Å². The summed E-state index contributed by atoms with van der Waals surface area (Å²) >= 11 is 0. The fourth-order valence-corrected chi connectivity index (χ4v) is 2.30. The summed E-state index contributed by atoms with van der Waals surface area (Å²) in [4.78, 5) is 19.3. The van der Waals surface area contributed by atoms with E-state index in [1.165, 1.54) is 0 Å². The van der Waals surface area contributed by atoms with E-state index in [0.717, 1.165) is 16.8 Å². The number of H-pyrrole nitrogens is 1. The second kappa shape index (κ2) is 6.44. The van der Waals surface area contributed by atoms with E-state index in [-0.39, 0.29) is 24.3 Å². The van der Waals surface area contributed by atoms with Gasteiger partial charge < -0.3 is 19.8 Å². The first-order valence-corrected chi connectivity index (χ1v) is 7.12. The van der Waals surface area contributed by atoms with Crippen LogP contribution in [0.2, 0.25) is 0 Å². The van der Waals surface area contributed by atoms with Crippen LogP contribution in [-0.2, 0) is 6.42 Å². The van der Waals surface area contributed by atoms with Crippen LogP contribution in [0, 0.1) is 5.92 Å². The molecule has 6 heteroatoms. The fraction of sp³-hybridized carbons (Fsp3) is 0.250. The van der Waals surface area contributed by atoms with Crippen molar-refractivity contribution >= 4 is 16.9 Å². The van der Waals surface area contributed by atoms with Gasteiger partial charge in [0.05, 0.1) is 17.3 Å². The number of imidazole rings is 1. The number of aromatic amines is 1. The number of hydrogen-bond donors (Lipinski definition) is 3. The maximum atomic E-state index is 12.1. The number of fused-ring (bicyclic) bond motifs is 1. The minimum atomic E-state index is -0.283. The molecule has 0 aliphatic carbocycles. The van der Waals surface area contributed by atoms with E-state index in [9.17, 15) is 9.90 Å². The van der Waals surface area contributed by atoms with Gasteiger partial charge in [-0.3, -0.25) is 4.79 Å². The standard InChI is InChI=1S/C16H17N3O3/c20-10-11(8-12-4-3-7-22-12)9-17-16(21)15-18-13-5-1-2-6-14(13)19-15/h1-7,11,20H,8-10H2,(H,17,21)(H,18,19)/t11-/m1/s1. The lowest BCUT2D eigenvalue weighted by Crippen LogP contribution is -2.32. The van der Waals surface area contributed by atoms with Crippen LogP contribution in [0.25, 0.3) is 11.0 Å². The van der Waals surface area contributed by atoms with E-state index in [1.807, 2.05) is 30.3 Å². The summed E-state index contributed by atoms with van der Waals surface area (Å²) in [5.74, 6) is 0.682. The van der Waals surface area contributed by atoms with E-state index >= 15 is 0 Å². The highest BCUT2D eigenvalue weighted by Crippen LogP contribution is 2.11. The zero-order chi connectivity index (χ0) is 15.4. The molecule has 2 aromatic heterocycles. The van der Waals surface area contributed by atoms with E-state index < -0.39 is 0 Å². The molecular formula is C16H17N3O3. The molecule has 0 radical (unpaired) electrons. The Morgan fingerprint density at radius 1 is 1.32 bits per heavy atom. The van der Waals surface area contributed by atoms with Crippen LogP contribution >= 0.6 is 0 Å². The number of aliphatic hydroxyl groups excluding tert-OH is 1. The highest BCUT2D eigenvalue weighted by atomic mass is 16.3. The summed E-state index contributed by atoms with van der Waals surface area (Å²) in [6.45, 7) is 0.328. The van der Waals surface area contributed by atoms with Gasteiger partial charge in [0.25, 0.3) is 5.91 Å². The molecule has 3 aromatic rings. The molecule has 2 heterocycles. The Bertz CT molecular complexity index is 716. The zero-order valence-corrected chi connectivity index (χ0v) is 12.0. The molecule has 3 rings (SSSR count). The molecule has 0 fully saturated rings. The van der Waals surface area contributed by atoms with Crippen molar-refractivity contribution in [3.8, 4) is 0 Å². The third-order valence-corrected chi connectivity index (χ3v) is 3.48. The summed E-state index contributed by atoms with van der Waals surface area (Å²) < 4.78 is 5.25. The van der Waals surface area contributed by atoms with E-state index in [2.05, 4.69) is 15.3 Å². The van der Waals surface area contributed by atoms with Crippen LogP contribution < -0.4 is 5.32 Å². The van der Waals surface area contributed by atoms with Crippen LogP contribution in [0.1, 0.15) is 16.4 Å². The van der Waals surface area contributed by atoms with Crippen molar-refractivity contribution in [2.24, 2.45) is 5.92 Å². The average molecular weight is 299 g/mol. The van der Waals surface area contributed by atoms with Crippen molar-refractivity contribution in [3.63, 3.8) is 0 Å². The van der Waals surface area contributed by atoms with Crippen molar-refractivity contribution in [3.05, 3.63) is 54.2 Å². The monoisotopic (exact) mass is 299 g/mol. The largest absolute Gasteiger partial charge is 0.469 e. The topological polar surface area (TPSA) is 91.2 Å². The third kappa shape index (κ3) is 3.17. The molecule has 6 nitrogen and oxygen atoms in total. The number of para-hydroxylation sites is 2. The Morgan fingerprint density at radius 3 is 2.91 bits per heavy atom. The maximum Gasteiger partial charge on any atom is 0.287 e. The van der Waals surface area contributed by atoms with E-state index in [0.29, 0.717) is 13.0 Å². The molecule has 3 N–H and O–H groups in total. The van der Waals surface area contributed by atoms with Crippen molar-refractivity contribution in [1.82, 2.24) is 15.3 Å². The van der Waals surface area contributed by atoms with Crippen LogP contribution in [0.5, 0.6) is 0 Å². The summed E-state index contributed by atoms with van der Waals surface area (Å²) in [6, 6.07) is 11.1. The second-order valence-corrected chi connectivity index (χ2v) is 5.14. The number of carbonyl (C=O) groups excluding carboxylic acids is 1. The van der Waals surface area contributed by atoms with Crippen molar-refractivity contribution in [2.75, 3.05) is 13.2 Å². The van der Waals surface area contributed by atoms with Crippen molar-refractivity contribution in [1.29, 1.82) is 0 Å². The number of hydrogen-bond acceptors (Lipinski definition) is 4. The van der Waals surface area contributed by atoms with Gasteiger partial charge in [-0.25, -0.2) is 4.98 Å². The Morgan fingerprint density at radius 2 is 2.18 bits per heavy atom. The Kier molecular flexibility index (Phi) is 4.20. The molecule has 0 saturated heterocycles. The average Bonchev–Trinajstić information content (AvgIpc) is 3.19. The van der Waals surface area contributed by atoms with Crippen LogP contribution in [0.3, 0.4) is 0 Å². The number of nitrogens with zero attached hydrogens (tertiary/aromatic N) is 1. The highest BCUT2D eigenvalue weighted by Gasteiger charge is 2.15. The second-order valence-electron chi connectivity index (χ2n) is 5.14. The number of rotatable bonds is 6. The van der Waals surface area contributed by atoms with E-state index in [1.54, 1.807) is 12.3 Å². The lowest BCUT2D eigenvalue weighted by atomic mass is 10.1. The van der Waals surface area contributed by atoms with Gasteiger partial charge in [-0.05, 0) is 24.3 Å². The summed E-state index contributed by atoms with van der Waals surface area (Å²) in [6.07, 6.45) is 2.17. The van der Waals surface area contributed by atoms with Crippen molar-refractivity contribution < 1.29 is 14.3 Å². The molecule has 114 valence electrons. The first kappa shape index (κ1) is 14.3. The summed E-state index contributed by atoms with van der Waals surface area (Å²) in [5.41, 5.74) is 1.57. The molecule has 0 aliphatic rings. The van der Waals surface area contributed by atoms with Gasteiger partial charge >= 0.3 is 0 Å². The van der Waals surface area contributed by atoms with Crippen LogP contribution in [0.4, 0.5) is 0 Å². The van der Waals surface area contributed by atoms with E-state index in [4.69, 9.17) is 4.42 Å². The first-order valence-electron chi connectivity index (χ1n) is 7.12. The highest BCUT2D eigenvalue weighted by molar-refractivity contribution is 5.94. The number of nitrogens with one attached hydrogen (secondary N) is 2. The molecule has 1 amide bonds. The minimum absolute atomic E-state index is 0.0267. The SMILES string of the molecule is O=C(NC[C@H](CO)Cc1ccco1)c1nc2ccccc2[nH]1. The van der Waals surface area contributed by atoms with Gasteiger partial charge in [0, 0.05) is 25.5 Å². The lowest BCUT2D eigenvalue weighted by Gasteiger charge is -2.13. The zero-order valence-electron chi connectivity index (χ0n) is 12.0. The van der Waals surface area contributed by atoms with Gasteiger partial charge in [-0.2, -0.15) is 0 Å². The number of aromatic nitrogens is 2. The molecule has 1 atom stereocenters. The normalized spacial score (nSPS) is 12.4. The first-order chi connectivity index (χ1) is 10.8. The van der Waals surface area contributed by atoms with Crippen molar-refractivity contribution in [2.45, 2.75) is 6.42 Å². The van der Waals surface area contributed by atoms with Crippen LogP contribution in [-0.4, -0.2) is 34.1 Å². The smallest absolute Gasteiger partial charge is 0.287 e. The molecule has 0 spiro atoms. The number of benzene rings is 1. The predicted molar refractivity (Wildman–Crippen MR) is 81.4 cm³/mol. The van der Waals surface area contributed by atoms with Gasteiger partial charge in [0.1, 0.15) is 5.76 Å². The number of aliphatic hydroxyl groups is 1. The van der Waals surface area contributed by atoms with Gasteiger partial charge in [-0.1, -0.05) is 12.1 Å². The van der Waals surface area contributed by atoms with Gasteiger partial charge in [0.15, 0.2) is 5.82 Å². The van der Waals surface area contributed by atoms with Gasteiger partial charge in [0.2, 0.25) is 0 Å². The lowest BCUT2D eigenvalue weighted by molar-refractivity contribution is 0.0930. The molecule has 0 unspecified atom stereocenters. The molecule has 0 saturated carbocycles. The number of carbonyl (C=O) groups is 1. The molecule has 0 bridgehead atoms. The quantitative estimate of drug-likeness (QED) is 0.646. The molecule has 1 aromatic carbocycles. The summed E-state index contributed by atoms with van der Waals surface area (Å²) in [7, 11) is 0. The maximum absolute atomic E-state index is 12.1. The van der Waals surface area contributed by atoms with Gasteiger partial charge in [-0.15, -0.1) is 0 Å². The Balaban J connectivity index is 1.61. The molecular weight excluding hydrogens is 282 g/mol. The molecule has 22 heavy (non-hydrogen) atoms. The Hall–Kier alpha value is -2.60. The van der Waals surface area contributed by atoms with Crippen LogP contribution in [0.15, 0.2) is 47.1 Å². The fourth-order valence-electron chi connectivity index (χ4n) is 2.30. The third-order valence-electron chi connectivity index (χ3n) is 3.48. The predicted octanol–water partition coefficient (Wildman–Crippen LogP) is 1.74. The number of amides is 1. The molecule has 0 aliphatic heterocycles. The minimum Gasteiger partial charge on any atom is -0.469 e.